The summed E-state index contributed by atoms with van der Waals surface area (Å²) in [6, 6.07) is 4.37. The average molecular weight is 278 g/mol. The van der Waals surface area contributed by atoms with Gasteiger partial charge in [0.1, 0.15) is 0 Å². The molecule has 0 aliphatic carbocycles. The molecule has 1 aliphatic rings. The molecule has 0 saturated heterocycles. The summed E-state index contributed by atoms with van der Waals surface area (Å²) in [5.41, 5.74) is 3.30. The lowest BCUT2D eigenvalue weighted by molar-refractivity contribution is 1.40. The second kappa shape index (κ2) is 5.83. The van der Waals surface area contributed by atoms with Gasteiger partial charge in [0, 0.05) is 26.0 Å². The number of hydrogen-bond acceptors (Lipinski definition) is 3. The van der Waals surface area contributed by atoms with Crippen molar-refractivity contribution in [2.45, 2.75) is 20.3 Å². The highest BCUT2D eigenvalue weighted by molar-refractivity contribution is 8.12. The third kappa shape index (κ3) is 3.68. The van der Waals surface area contributed by atoms with E-state index in [4.69, 9.17) is 0 Å². The van der Waals surface area contributed by atoms with Crippen molar-refractivity contribution in [3.8, 4) is 0 Å². The van der Waals surface area contributed by atoms with Crippen molar-refractivity contribution < 1.29 is 0 Å². The van der Waals surface area contributed by atoms with Crippen molar-refractivity contribution >= 4 is 40.6 Å². The minimum Gasteiger partial charge on any atom is -0.148 e. The van der Waals surface area contributed by atoms with Crippen LogP contribution in [0.25, 0.3) is 4.91 Å². The molecular formula is C14H14S3. The first-order valence-electron chi connectivity index (χ1n) is 5.41. The summed E-state index contributed by atoms with van der Waals surface area (Å²) in [6.45, 7) is 4.11. The number of rotatable bonds is 2. The number of aryl methyl sites for hydroxylation is 1. The SMILES string of the molecule is C/C(S)=C/C=C=C1CC=C(c2ccc(C)s2)S1. The Hall–Kier alpha value is -0.600. The van der Waals surface area contributed by atoms with Gasteiger partial charge in [0.2, 0.25) is 0 Å². The Kier molecular flexibility index (Phi) is 4.41. The van der Waals surface area contributed by atoms with Gasteiger partial charge in [-0.3, -0.25) is 0 Å². The summed E-state index contributed by atoms with van der Waals surface area (Å²) in [5.74, 6) is 0. The Balaban J connectivity index is 2.09. The van der Waals surface area contributed by atoms with Gasteiger partial charge < -0.3 is 0 Å². The molecule has 88 valence electrons. The molecule has 0 fully saturated rings. The molecule has 0 spiro atoms. The van der Waals surface area contributed by atoms with E-state index in [-0.39, 0.29) is 0 Å². The van der Waals surface area contributed by atoms with E-state index >= 15 is 0 Å². The predicted octanol–water partition coefficient (Wildman–Crippen LogP) is 5.41. The molecule has 0 bridgehead atoms. The van der Waals surface area contributed by atoms with Crippen LogP contribution in [-0.4, -0.2) is 0 Å². The summed E-state index contributed by atoms with van der Waals surface area (Å²) in [6.07, 6.45) is 7.18. The molecule has 1 aliphatic heterocycles. The topological polar surface area (TPSA) is 0 Å². The van der Waals surface area contributed by atoms with Gasteiger partial charge in [-0.15, -0.1) is 29.7 Å². The fourth-order valence-corrected chi connectivity index (χ4v) is 3.48. The number of allylic oxidation sites excluding steroid dienone is 4. The van der Waals surface area contributed by atoms with Crippen molar-refractivity contribution in [2.24, 2.45) is 0 Å². The van der Waals surface area contributed by atoms with Crippen LogP contribution in [0.2, 0.25) is 0 Å². The van der Waals surface area contributed by atoms with Gasteiger partial charge in [0.25, 0.3) is 0 Å². The highest BCUT2D eigenvalue weighted by Gasteiger charge is 2.13. The predicted molar refractivity (Wildman–Crippen MR) is 83.6 cm³/mol. The maximum absolute atomic E-state index is 4.21. The zero-order valence-corrected chi connectivity index (χ0v) is 12.4. The fourth-order valence-electron chi connectivity index (χ4n) is 1.46. The molecule has 1 aromatic heterocycles. The summed E-state index contributed by atoms with van der Waals surface area (Å²) in [4.78, 5) is 6.37. The van der Waals surface area contributed by atoms with Crippen LogP contribution < -0.4 is 0 Å². The molecule has 0 unspecified atom stereocenters. The summed E-state index contributed by atoms with van der Waals surface area (Å²) < 4.78 is 0. The molecule has 2 heterocycles. The Bertz CT molecular complexity index is 534. The van der Waals surface area contributed by atoms with Gasteiger partial charge in [0.05, 0.1) is 0 Å². The van der Waals surface area contributed by atoms with Gasteiger partial charge in [-0.2, -0.15) is 0 Å². The highest BCUT2D eigenvalue weighted by atomic mass is 32.2. The van der Waals surface area contributed by atoms with Crippen LogP contribution in [-0.2, 0) is 0 Å². The molecule has 1 aromatic rings. The van der Waals surface area contributed by atoms with E-state index < -0.39 is 0 Å². The minimum absolute atomic E-state index is 0.993. The van der Waals surface area contributed by atoms with Crippen LogP contribution in [0.15, 0.2) is 45.9 Å². The molecule has 0 saturated carbocycles. The third-order valence-corrected chi connectivity index (χ3v) is 4.71. The van der Waals surface area contributed by atoms with Gasteiger partial charge in [0.15, 0.2) is 0 Å². The van der Waals surface area contributed by atoms with Crippen LogP contribution in [0.1, 0.15) is 23.1 Å². The first-order chi connectivity index (χ1) is 8.15. The Morgan fingerprint density at radius 1 is 1.47 bits per heavy atom. The van der Waals surface area contributed by atoms with Gasteiger partial charge in [-0.25, -0.2) is 0 Å². The minimum atomic E-state index is 0.993. The van der Waals surface area contributed by atoms with Crippen LogP contribution in [0.3, 0.4) is 0 Å². The van der Waals surface area contributed by atoms with E-state index in [1.54, 1.807) is 0 Å². The van der Waals surface area contributed by atoms with Crippen molar-refractivity contribution in [2.75, 3.05) is 0 Å². The molecule has 0 nitrogen and oxygen atoms in total. The lowest BCUT2D eigenvalue weighted by atomic mass is 10.3. The van der Waals surface area contributed by atoms with E-state index in [0.29, 0.717) is 0 Å². The first kappa shape index (κ1) is 12.8. The normalized spacial score (nSPS) is 15.8. The van der Waals surface area contributed by atoms with Gasteiger partial charge >= 0.3 is 0 Å². The molecule has 2 rings (SSSR count). The Morgan fingerprint density at radius 3 is 2.94 bits per heavy atom. The quantitative estimate of drug-likeness (QED) is 0.429. The zero-order valence-electron chi connectivity index (χ0n) is 9.86. The molecule has 0 atom stereocenters. The molecule has 17 heavy (non-hydrogen) atoms. The maximum atomic E-state index is 4.21. The standard InChI is InChI=1S/C14H14S3/c1-10(15)4-3-5-12-7-9-14(17-12)13-8-6-11(2)16-13/h3-4,6,8-9,15H,7H2,1-2H3/b10-4-. The number of hydrogen-bond donors (Lipinski definition) is 1. The lowest BCUT2D eigenvalue weighted by Crippen LogP contribution is -1.65. The molecule has 0 N–H and O–H groups in total. The van der Waals surface area contributed by atoms with E-state index in [2.05, 4.69) is 43.5 Å². The molecular weight excluding hydrogens is 264 g/mol. The summed E-state index contributed by atoms with van der Waals surface area (Å²) in [7, 11) is 0. The first-order valence-corrected chi connectivity index (χ1v) is 7.49. The summed E-state index contributed by atoms with van der Waals surface area (Å²) >= 11 is 7.89. The van der Waals surface area contributed by atoms with Crippen molar-refractivity contribution in [3.05, 3.63) is 55.7 Å². The van der Waals surface area contributed by atoms with E-state index in [9.17, 15) is 0 Å². The van der Waals surface area contributed by atoms with Gasteiger partial charge in [-0.1, -0.05) is 17.8 Å². The number of thioether (sulfide) groups is 1. The van der Waals surface area contributed by atoms with E-state index in [1.165, 1.54) is 19.6 Å². The monoisotopic (exact) mass is 278 g/mol. The van der Waals surface area contributed by atoms with Crippen LogP contribution in [0, 0.1) is 6.92 Å². The second-order valence-electron chi connectivity index (χ2n) is 3.83. The Morgan fingerprint density at radius 2 is 2.29 bits per heavy atom. The largest absolute Gasteiger partial charge is 0.148 e. The average Bonchev–Trinajstić information content (AvgIpc) is 2.86. The van der Waals surface area contributed by atoms with Crippen molar-refractivity contribution in [1.29, 1.82) is 0 Å². The van der Waals surface area contributed by atoms with Crippen molar-refractivity contribution in [1.82, 2.24) is 0 Å². The fraction of sp³-hybridized carbons (Fsp3) is 0.214. The Labute approximate surface area is 116 Å². The van der Waals surface area contributed by atoms with Gasteiger partial charge in [-0.05, 0) is 43.0 Å². The number of thiol groups is 1. The molecule has 0 amide bonds. The maximum Gasteiger partial charge on any atom is 0.0409 e. The third-order valence-electron chi connectivity index (χ3n) is 2.26. The molecule has 0 aromatic carbocycles. The lowest BCUT2D eigenvalue weighted by Gasteiger charge is -1.95. The number of thiophene rings is 1. The van der Waals surface area contributed by atoms with E-state index in [1.807, 2.05) is 42.2 Å². The van der Waals surface area contributed by atoms with Crippen LogP contribution >= 0.6 is 35.7 Å². The zero-order chi connectivity index (χ0) is 12.3. The summed E-state index contributed by atoms with van der Waals surface area (Å²) in [5, 5.41) is 0. The van der Waals surface area contributed by atoms with E-state index in [0.717, 1.165) is 11.3 Å². The molecule has 0 radical (unpaired) electrons. The van der Waals surface area contributed by atoms with Crippen molar-refractivity contribution in [3.63, 3.8) is 0 Å². The second-order valence-corrected chi connectivity index (χ2v) is 6.96. The van der Waals surface area contributed by atoms with Crippen LogP contribution in [0.4, 0.5) is 0 Å². The smallest absolute Gasteiger partial charge is 0.0409 e. The van der Waals surface area contributed by atoms with Crippen LogP contribution in [0.5, 0.6) is 0 Å². The molecule has 3 heteroatoms. The highest BCUT2D eigenvalue weighted by Crippen LogP contribution is 2.43.